The van der Waals surface area contributed by atoms with E-state index in [1.54, 1.807) is 18.2 Å². The van der Waals surface area contributed by atoms with Crippen LogP contribution in [0.1, 0.15) is 22.7 Å². The highest BCUT2D eigenvalue weighted by atomic mass is 16.3. The maximum Gasteiger partial charge on any atom is 0.267 e. The first-order valence-corrected chi connectivity index (χ1v) is 20.5. The molecule has 4 rings (SSSR count). The van der Waals surface area contributed by atoms with E-state index in [1.807, 2.05) is 52.3 Å². The van der Waals surface area contributed by atoms with E-state index in [9.17, 15) is 38.7 Å². The second-order valence-corrected chi connectivity index (χ2v) is 14.9. The zero-order valence-electron chi connectivity index (χ0n) is 37.3. The Hall–Kier alpha value is -9.98. The fourth-order valence-corrected chi connectivity index (χ4v) is 6.61. The standard InChI is InChI=1S/C39H54N24O8/c40-23(24(41)65)53-31(68)25(58-35(42)43)55-33(70)27(60-37(46)47)57-34(71)28(61-38(48)49)56-32(69)26(59-36(44)45)54-30(67)21(14-6-2-1-3-7-14)52-29(66)20(13-64)19-12-17-10-15-8-4-5-9-16(15)11-18(17)22(19)62-63-39(50)51/h1-11,20-21,23,25-28,62,64H,12-13,40H2,(H2,41,65)(H,52,66)(H,53,68)(H,54,67)(H,55,70)(H,56,69)(H,57,71)(H4,42,43,58)(H4,44,45,59)(H4,46,47,60)(H4,48,49,61)(H4,50,51,63). The summed E-state index contributed by atoms with van der Waals surface area (Å²) >= 11 is 0. The van der Waals surface area contributed by atoms with Crippen LogP contribution in [0.5, 0.6) is 0 Å². The van der Waals surface area contributed by atoms with Crippen LogP contribution in [0.25, 0.3) is 16.5 Å². The number of amides is 7. The Morgan fingerprint density at radius 2 is 0.944 bits per heavy atom. The van der Waals surface area contributed by atoms with Gasteiger partial charge in [-0.25, -0.2) is 20.0 Å². The summed E-state index contributed by atoms with van der Waals surface area (Å²) in [5, 5.41) is 29.4. The van der Waals surface area contributed by atoms with Crippen LogP contribution < -0.4 is 106 Å². The molecule has 71 heavy (non-hydrogen) atoms. The molecular formula is C39H54N24O8. The number of carbonyl (C=O) groups is 7. The summed E-state index contributed by atoms with van der Waals surface area (Å²) in [7, 11) is 0. The third kappa shape index (κ3) is 15.0. The van der Waals surface area contributed by atoms with Gasteiger partial charge in [0.2, 0.25) is 42.4 Å². The fraction of sp³-hybridized carbons (Fsp3) is 0.231. The van der Waals surface area contributed by atoms with E-state index >= 15 is 0 Å². The SMILES string of the molecule is NC(=O)C(N)NC(=O)C(N=C(N)N)NC(=O)C(N=C(N)N)NC(=O)C(N=C(N)N)NC(=O)C(N=C(N)N)NC(=O)C(NC(=O)C(CO)C1=C(NN=C(N)N)c2cc3ccccc3cc2C1)c1ccccc1. The molecule has 3 aromatic rings. The van der Waals surface area contributed by atoms with Gasteiger partial charge in [0, 0.05) is 5.56 Å². The van der Waals surface area contributed by atoms with Gasteiger partial charge in [-0.15, -0.1) is 5.10 Å². The average Bonchev–Trinajstić information content (AvgIpc) is 3.64. The molecule has 1 aliphatic carbocycles. The summed E-state index contributed by atoms with van der Waals surface area (Å²) in [5.74, 6) is -13.4. The highest BCUT2D eigenvalue weighted by Crippen LogP contribution is 2.38. The number of fused-ring (bicyclic) bond motifs is 2. The minimum absolute atomic E-state index is 0.154. The molecule has 378 valence electrons. The number of aliphatic hydroxyl groups is 1. The normalized spacial score (nSPS) is 14.3. The monoisotopic (exact) mass is 986 g/mol. The molecular weight excluding hydrogens is 933 g/mol. The number of nitrogens with zero attached hydrogens (tertiary/aromatic N) is 5. The van der Waals surface area contributed by atoms with E-state index < -0.39 is 115 Å². The number of guanidine groups is 5. The van der Waals surface area contributed by atoms with E-state index in [1.165, 1.54) is 12.1 Å². The Labute approximate surface area is 401 Å². The van der Waals surface area contributed by atoms with Gasteiger partial charge in [0.15, 0.2) is 30.0 Å². The number of hydrazone groups is 1. The molecule has 0 aromatic heterocycles. The minimum atomic E-state index is -2.20. The van der Waals surface area contributed by atoms with Gasteiger partial charge >= 0.3 is 0 Å². The van der Waals surface area contributed by atoms with Crippen molar-refractivity contribution in [1.82, 2.24) is 37.3 Å². The Morgan fingerprint density at radius 1 is 0.521 bits per heavy atom. The Bertz CT molecular complexity index is 2700. The highest BCUT2D eigenvalue weighted by Gasteiger charge is 2.37. The highest BCUT2D eigenvalue weighted by molar-refractivity contribution is 6.00. The second kappa shape index (κ2) is 24.2. The summed E-state index contributed by atoms with van der Waals surface area (Å²) in [5.41, 5.74) is 70.9. The minimum Gasteiger partial charge on any atom is -0.395 e. The number of nitrogens with two attached hydrogens (primary N) is 12. The smallest absolute Gasteiger partial charge is 0.267 e. The molecule has 7 atom stereocenters. The van der Waals surface area contributed by atoms with Gasteiger partial charge in [-0.05, 0) is 40.0 Å². The van der Waals surface area contributed by atoms with Crippen molar-refractivity contribution >= 4 is 87.6 Å². The van der Waals surface area contributed by atoms with Crippen molar-refractivity contribution in [2.75, 3.05) is 6.61 Å². The molecule has 0 saturated carbocycles. The van der Waals surface area contributed by atoms with Crippen LogP contribution in [-0.4, -0.2) is 114 Å². The zero-order valence-corrected chi connectivity index (χ0v) is 37.3. The van der Waals surface area contributed by atoms with Gasteiger partial charge in [0.1, 0.15) is 6.04 Å². The lowest BCUT2D eigenvalue weighted by atomic mass is 9.95. The van der Waals surface area contributed by atoms with E-state index in [4.69, 9.17) is 68.8 Å². The third-order valence-electron chi connectivity index (χ3n) is 9.67. The topological polar surface area (TPSA) is 598 Å². The van der Waals surface area contributed by atoms with E-state index in [2.05, 4.69) is 46.4 Å². The van der Waals surface area contributed by atoms with Gasteiger partial charge in [-0.1, -0.05) is 60.7 Å². The lowest BCUT2D eigenvalue weighted by Gasteiger charge is -2.25. The number of carbonyl (C=O) groups excluding carboxylic acids is 7. The Kier molecular flexibility index (Phi) is 18.3. The van der Waals surface area contributed by atoms with Gasteiger partial charge in [0.05, 0.1) is 18.2 Å². The van der Waals surface area contributed by atoms with Crippen LogP contribution in [0.3, 0.4) is 0 Å². The van der Waals surface area contributed by atoms with Crippen molar-refractivity contribution in [1.29, 1.82) is 0 Å². The number of rotatable bonds is 22. The average molecular weight is 987 g/mol. The molecule has 0 spiro atoms. The number of hydrogen-bond donors (Lipinski definition) is 20. The second-order valence-electron chi connectivity index (χ2n) is 14.9. The molecule has 32 nitrogen and oxygen atoms in total. The van der Waals surface area contributed by atoms with Crippen LogP contribution in [-0.2, 0) is 40.0 Å². The van der Waals surface area contributed by atoms with Gasteiger partial charge in [0.25, 0.3) is 29.5 Å². The molecule has 7 unspecified atom stereocenters. The predicted molar refractivity (Wildman–Crippen MR) is 258 cm³/mol. The van der Waals surface area contributed by atoms with Crippen LogP contribution in [0.15, 0.2) is 97.4 Å². The maximum absolute atomic E-state index is 14.3. The first-order chi connectivity index (χ1) is 33.5. The Balaban J connectivity index is 1.63. The predicted octanol–water partition coefficient (Wildman–Crippen LogP) is -9.90. The number of aliphatic imine (C=N–C) groups is 4. The van der Waals surface area contributed by atoms with Gasteiger partial charge in [-0.2, -0.15) is 0 Å². The van der Waals surface area contributed by atoms with Crippen molar-refractivity contribution in [2.24, 2.45) is 99.8 Å². The number of nitrogens with one attached hydrogen (secondary N) is 7. The van der Waals surface area contributed by atoms with Crippen molar-refractivity contribution in [3.8, 4) is 0 Å². The summed E-state index contributed by atoms with van der Waals surface area (Å²) in [6, 6.07) is 17.3. The van der Waals surface area contributed by atoms with Gasteiger partial charge in [-0.3, -0.25) is 39.0 Å². The van der Waals surface area contributed by atoms with Gasteiger partial charge < -0.3 is 106 Å². The number of primary amides is 1. The first-order valence-electron chi connectivity index (χ1n) is 20.5. The third-order valence-corrected chi connectivity index (χ3v) is 9.67. The summed E-state index contributed by atoms with van der Waals surface area (Å²) < 4.78 is 0. The molecule has 0 radical (unpaired) electrons. The van der Waals surface area contributed by atoms with E-state index in [0.29, 0.717) is 16.8 Å². The largest absolute Gasteiger partial charge is 0.395 e. The fourth-order valence-electron chi connectivity index (χ4n) is 6.61. The molecule has 3 aromatic carbocycles. The summed E-state index contributed by atoms with van der Waals surface area (Å²) in [4.78, 5) is 108. The molecule has 0 fully saturated rings. The lowest BCUT2D eigenvalue weighted by Crippen LogP contribution is -2.60. The number of hydrogen-bond acceptors (Lipinski definition) is 15. The van der Waals surface area contributed by atoms with Crippen molar-refractivity contribution < 1.29 is 38.7 Å². The molecule has 0 heterocycles. The molecule has 0 bridgehead atoms. The number of benzene rings is 3. The van der Waals surface area contributed by atoms with E-state index in [0.717, 1.165) is 16.3 Å². The van der Waals surface area contributed by atoms with Crippen molar-refractivity contribution in [3.05, 3.63) is 89.0 Å². The quantitative estimate of drug-likeness (QED) is 0.0192. The molecule has 0 aliphatic heterocycles. The molecule has 1 aliphatic rings. The summed E-state index contributed by atoms with van der Waals surface area (Å²) in [6.07, 6.45) is -10.1. The first kappa shape index (κ1) is 53.6. The van der Waals surface area contributed by atoms with Crippen LogP contribution in [0.2, 0.25) is 0 Å². The zero-order chi connectivity index (χ0) is 52.7. The molecule has 32 heteroatoms. The van der Waals surface area contributed by atoms with Crippen LogP contribution in [0, 0.1) is 5.92 Å². The van der Waals surface area contributed by atoms with Crippen LogP contribution >= 0.6 is 0 Å². The van der Waals surface area contributed by atoms with Crippen molar-refractivity contribution in [2.45, 2.75) is 43.3 Å². The van der Waals surface area contributed by atoms with E-state index in [-0.39, 0.29) is 17.9 Å². The molecule has 7 amide bonds. The molecule has 32 N–H and O–H groups in total. The Morgan fingerprint density at radius 3 is 1.37 bits per heavy atom. The maximum atomic E-state index is 14.3. The molecule has 0 saturated heterocycles. The van der Waals surface area contributed by atoms with Crippen LogP contribution in [0.4, 0.5) is 0 Å². The number of aliphatic hydroxyl groups excluding tert-OH is 1. The summed E-state index contributed by atoms with van der Waals surface area (Å²) in [6.45, 7) is -0.762. The lowest BCUT2D eigenvalue weighted by molar-refractivity contribution is -0.135. The van der Waals surface area contributed by atoms with Crippen molar-refractivity contribution in [3.63, 3.8) is 0 Å².